The SMILES string of the molecule is CCCC(Br)C(C)c1ccc(OC)c(F)c1. The highest BCUT2D eigenvalue weighted by Gasteiger charge is 2.16. The van der Waals surface area contributed by atoms with Crippen LogP contribution >= 0.6 is 15.9 Å². The van der Waals surface area contributed by atoms with Gasteiger partial charge in [0.1, 0.15) is 0 Å². The van der Waals surface area contributed by atoms with Gasteiger partial charge in [-0.05, 0) is 30.0 Å². The van der Waals surface area contributed by atoms with Gasteiger partial charge in [0, 0.05) is 4.83 Å². The summed E-state index contributed by atoms with van der Waals surface area (Å²) in [5, 5.41) is 0. The molecule has 90 valence electrons. The van der Waals surface area contributed by atoms with Crippen molar-refractivity contribution in [1.82, 2.24) is 0 Å². The number of alkyl halides is 1. The van der Waals surface area contributed by atoms with Crippen LogP contribution in [0.3, 0.4) is 0 Å². The molecule has 0 aliphatic heterocycles. The van der Waals surface area contributed by atoms with Crippen LogP contribution in [0, 0.1) is 5.82 Å². The minimum absolute atomic E-state index is 0.289. The molecule has 0 aromatic heterocycles. The third-order valence-corrected chi connectivity index (χ3v) is 4.06. The molecule has 0 bridgehead atoms. The molecule has 0 spiro atoms. The van der Waals surface area contributed by atoms with E-state index in [1.54, 1.807) is 12.1 Å². The molecule has 0 aliphatic rings. The van der Waals surface area contributed by atoms with Gasteiger partial charge in [-0.3, -0.25) is 0 Å². The van der Waals surface area contributed by atoms with Crippen molar-refractivity contribution >= 4 is 15.9 Å². The van der Waals surface area contributed by atoms with Crippen molar-refractivity contribution in [3.63, 3.8) is 0 Å². The minimum Gasteiger partial charge on any atom is -0.494 e. The van der Waals surface area contributed by atoms with Crippen LogP contribution < -0.4 is 4.74 Å². The topological polar surface area (TPSA) is 9.23 Å². The molecule has 0 heterocycles. The Morgan fingerprint density at radius 2 is 2.12 bits per heavy atom. The van der Waals surface area contributed by atoms with Gasteiger partial charge in [-0.15, -0.1) is 0 Å². The van der Waals surface area contributed by atoms with Crippen LogP contribution in [-0.2, 0) is 0 Å². The molecule has 1 rings (SSSR count). The number of benzene rings is 1. The zero-order valence-electron chi connectivity index (χ0n) is 9.97. The summed E-state index contributed by atoms with van der Waals surface area (Å²) in [5.74, 6) is 0.320. The van der Waals surface area contributed by atoms with Gasteiger partial charge in [0.2, 0.25) is 0 Å². The summed E-state index contributed by atoms with van der Waals surface area (Å²) in [7, 11) is 1.48. The van der Waals surface area contributed by atoms with E-state index in [0.29, 0.717) is 16.5 Å². The molecule has 0 saturated heterocycles. The number of rotatable bonds is 5. The second kappa shape index (κ2) is 6.24. The molecule has 0 aliphatic carbocycles. The molecule has 16 heavy (non-hydrogen) atoms. The molecule has 1 aromatic rings. The van der Waals surface area contributed by atoms with Crippen LogP contribution in [-0.4, -0.2) is 11.9 Å². The fraction of sp³-hybridized carbons (Fsp3) is 0.538. The predicted octanol–water partition coefficient (Wildman–Crippen LogP) is 4.50. The highest BCUT2D eigenvalue weighted by Crippen LogP contribution is 2.30. The Hall–Kier alpha value is -0.570. The molecule has 0 saturated carbocycles. The van der Waals surface area contributed by atoms with E-state index >= 15 is 0 Å². The Kier molecular flexibility index (Phi) is 5.26. The van der Waals surface area contributed by atoms with E-state index in [-0.39, 0.29) is 5.82 Å². The van der Waals surface area contributed by atoms with Crippen LogP contribution in [0.2, 0.25) is 0 Å². The van der Waals surface area contributed by atoms with Gasteiger partial charge < -0.3 is 4.74 Å². The molecule has 3 heteroatoms. The molecule has 0 radical (unpaired) electrons. The Balaban J connectivity index is 2.84. The molecule has 0 amide bonds. The van der Waals surface area contributed by atoms with Gasteiger partial charge in [0.15, 0.2) is 11.6 Å². The monoisotopic (exact) mass is 288 g/mol. The highest BCUT2D eigenvalue weighted by atomic mass is 79.9. The van der Waals surface area contributed by atoms with Crippen molar-refractivity contribution in [2.75, 3.05) is 7.11 Å². The lowest BCUT2D eigenvalue weighted by Crippen LogP contribution is -2.09. The van der Waals surface area contributed by atoms with Crippen LogP contribution in [0.15, 0.2) is 18.2 Å². The third-order valence-electron chi connectivity index (χ3n) is 2.81. The van der Waals surface area contributed by atoms with Gasteiger partial charge >= 0.3 is 0 Å². The van der Waals surface area contributed by atoms with E-state index in [2.05, 4.69) is 29.8 Å². The summed E-state index contributed by atoms with van der Waals surface area (Å²) in [5.41, 5.74) is 1.01. The molecular formula is C13H18BrFO. The summed E-state index contributed by atoms with van der Waals surface area (Å²) >= 11 is 3.65. The van der Waals surface area contributed by atoms with Gasteiger partial charge in [-0.1, -0.05) is 42.3 Å². The highest BCUT2D eigenvalue weighted by molar-refractivity contribution is 9.09. The molecular weight excluding hydrogens is 271 g/mol. The van der Waals surface area contributed by atoms with Gasteiger partial charge in [0.05, 0.1) is 7.11 Å². The second-order valence-corrected chi connectivity index (χ2v) is 5.16. The average molecular weight is 289 g/mol. The quantitative estimate of drug-likeness (QED) is 0.725. The van der Waals surface area contributed by atoms with E-state index in [1.807, 2.05) is 6.07 Å². The number of hydrogen-bond donors (Lipinski definition) is 0. The standard InChI is InChI=1S/C13H18BrFO/c1-4-5-11(14)9(2)10-6-7-13(16-3)12(15)8-10/h6-9,11H,4-5H2,1-3H3. The van der Waals surface area contributed by atoms with Crippen molar-refractivity contribution in [3.05, 3.63) is 29.6 Å². The molecule has 2 unspecified atom stereocenters. The molecule has 0 fully saturated rings. The lowest BCUT2D eigenvalue weighted by Gasteiger charge is -2.18. The Bertz CT molecular complexity index is 341. The van der Waals surface area contributed by atoms with Gasteiger partial charge in [-0.25, -0.2) is 4.39 Å². The Morgan fingerprint density at radius 3 is 2.62 bits per heavy atom. The largest absolute Gasteiger partial charge is 0.494 e. The summed E-state index contributed by atoms with van der Waals surface area (Å²) in [6.07, 6.45) is 2.22. The fourth-order valence-electron chi connectivity index (χ4n) is 1.70. The maximum atomic E-state index is 13.5. The van der Waals surface area contributed by atoms with E-state index in [0.717, 1.165) is 18.4 Å². The number of ether oxygens (including phenoxy) is 1. The predicted molar refractivity (Wildman–Crippen MR) is 69.0 cm³/mol. The van der Waals surface area contributed by atoms with Crippen LogP contribution in [0.1, 0.15) is 38.2 Å². The van der Waals surface area contributed by atoms with Crippen LogP contribution in [0.25, 0.3) is 0 Å². The first-order chi connectivity index (χ1) is 7.60. The molecule has 1 aromatic carbocycles. The summed E-state index contributed by atoms with van der Waals surface area (Å²) in [6.45, 7) is 4.26. The smallest absolute Gasteiger partial charge is 0.165 e. The maximum absolute atomic E-state index is 13.5. The van der Waals surface area contributed by atoms with Crippen LogP contribution in [0.5, 0.6) is 5.75 Å². The molecule has 0 N–H and O–H groups in total. The zero-order chi connectivity index (χ0) is 12.1. The van der Waals surface area contributed by atoms with E-state index in [9.17, 15) is 4.39 Å². The zero-order valence-corrected chi connectivity index (χ0v) is 11.6. The van der Waals surface area contributed by atoms with E-state index in [4.69, 9.17) is 4.74 Å². The van der Waals surface area contributed by atoms with Crippen molar-refractivity contribution in [1.29, 1.82) is 0 Å². The molecule has 2 atom stereocenters. The third kappa shape index (κ3) is 3.21. The first kappa shape index (κ1) is 13.5. The normalized spacial score (nSPS) is 14.6. The van der Waals surface area contributed by atoms with Gasteiger partial charge in [0.25, 0.3) is 0 Å². The fourth-order valence-corrected chi connectivity index (χ4v) is 2.46. The lowest BCUT2D eigenvalue weighted by molar-refractivity contribution is 0.386. The van der Waals surface area contributed by atoms with Crippen molar-refractivity contribution < 1.29 is 9.13 Å². The van der Waals surface area contributed by atoms with E-state index in [1.165, 1.54) is 7.11 Å². The number of halogens is 2. The van der Waals surface area contributed by atoms with Gasteiger partial charge in [-0.2, -0.15) is 0 Å². The second-order valence-electron chi connectivity index (χ2n) is 3.99. The maximum Gasteiger partial charge on any atom is 0.165 e. The first-order valence-corrected chi connectivity index (χ1v) is 6.49. The van der Waals surface area contributed by atoms with E-state index < -0.39 is 0 Å². The Labute approximate surface area is 105 Å². The first-order valence-electron chi connectivity index (χ1n) is 5.57. The van der Waals surface area contributed by atoms with Crippen molar-refractivity contribution in [2.45, 2.75) is 37.4 Å². The van der Waals surface area contributed by atoms with Crippen LogP contribution in [0.4, 0.5) is 4.39 Å². The lowest BCUT2D eigenvalue weighted by atomic mass is 9.95. The van der Waals surface area contributed by atoms with Crippen molar-refractivity contribution in [3.8, 4) is 5.75 Å². The summed E-state index contributed by atoms with van der Waals surface area (Å²) in [4.78, 5) is 0.394. The Morgan fingerprint density at radius 1 is 1.44 bits per heavy atom. The minimum atomic E-state index is -0.289. The summed E-state index contributed by atoms with van der Waals surface area (Å²) in [6, 6.07) is 5.18. The summed E-state index contributed by atoms with van der Waals surface area (Å²) < 4.78 is 18.4. The number of methoxy groups -OCH3 is 1. The number of hydrogen-bond acceptors (Lipinski definition) is 1. The molecule has 1 nitrogen and oxygen atoms in total. The van der Waals surface area contributed by atoms with Crippen molar-refractivity contribution in [2.24, 2.45) is 0 Å². The average Bonchev–Trinajstić information content (AvgIpc) is 2.28.